The minimum absolute atomic E-state index is 0.0296. The van der Waals surface area contributed by atoms with Crippen molar-refractivity contribution < 1.29 is 18.0 Å². The Morgan fingerprint density at radius 3 is 2.58 bits per heavy atom. The summed E-state index contributed by atoms with van der Waals surface area (Å²) in [5, 5.41) is 2.89. The Labute approximate surface area is 178 Å². The van der Waals surface area contributed by atoms with Crippen LogP contribution in [0.5, 0.6) is 0 Å². The van der Waals surface area contributed by atoms with Crippen LogP contribution >= 0.6 is 0 Å². The van der Waals surface area contributed by atoms with Crippen LogP contribution in [0.4, 0.5) is 19.1 Å². The fraction of sp³-hybridized carbons (Fsp3) is 0.391. The summed E-state index contributed by atoms with van der Waals surface area (Å²) in [6.07, 6.45) is -2.05. The van der Waals surface area contributed by atoms with Gasteiger partial charge in [0, 0.05) is 31.2 Å². The second-order valence-electron chi connectivity index (χ2n) is 7.87. The second-order valence-corrected chi connectivity index (χ2v) is 7.87. The van der Waals surface area contributed by atoms with Gasteiger partial charge < -0.3 is 14.8 Å². The lowest BCUT2D eigenvalue weighted by Gasteiger charge is -2.33. The normalized spacial score (nSPS) is 15.4. The fourth-order valence-corrected chi connectivity index (χ4v) is 4.08. The van der Waals surface area contributed by atoms with Gasteiger partial charge in [-0.05, 0) is 49.6 Å². The maximum Gasteiger partial charge on any atom is 0.416 e. The van der Waals surface area contributed by atoms with Crippen molar-refractivity contribution >= 4 is 22.9 Å². The largest absolute Gasteiger partial charge is 0.416 e. The smallest absolute Gasteiger partial charge is 0.349 e. The van der Waals surface area contributed by atoms with E-state index in [-0.39, 0.29) is 11.6 Å². The number of nitrogens with one attached hydrogen (secondary N) is 1. The van der Waals surface area contributed by atoms with E-state index in [4.69, 9.17) is 4.98 Å². The number of para-hydroxylation sites is 2. The quantitative estimate of drug-likeness (QED) is 0.629. The summed E-state index contributed by atoms with van der Waals surface area (Å²) < 4.78 is 41.0. The molecule has 164 valence electrons. The zero-order valence-electron chi connectivity index (χ0n) is 17.3. The number of carbonyl (C=O) groups excluding carboxylic acids is 1. The SMILES string of the molecule is CCCn1c(N2CCC(NC(=O)c3cccc(C(F)(F)F)c3)CC2)nc2ccccc21. The van der Waals surface area contributed by atoms with Crippen LogP contribution in [0.25, 0.3) is 11.0 Å². The lowest BCUT2D eigenvalue weighted by molar-refractivity contribution is -0.137. The summed E-state index contributed by atoms with van der Waals surface area (Å²) in [5.41, 5.74) is 1.29. The number of halogens is 3. The van der Waals surface area contributed by atoms with Gasteiger partial charge in [0.1, 0.15) is 0 Å². The van der Waals surface area contributed by atoms with Crippen LogP contribution in [0.1, 0.15) is 42.1 Å². The number of nitrogens with zero attached hydrogens (tertiary/aromatic N) is 3. The van der Waals surface area contributed by atoms with Crippen molar-refractivity contribution in [2.45, 2.75) is 44.9 Å². The highest BCUT2D eigenvalue weighted by atomic mass is 19.4. The minimum Gasteiger partial charge on any atom is -0.349 e. The van der Waals surface area contributed by atoms with Crippen molar-refractivity contribution in [1.82, 2.24) is 14.9 Å². The predicted molar refractivity (Wildman–Crippen MR) is 114 cm³/mol. The zero-order chi connectivity index (χ0) is 22.0. The lowest BCUT2D eigenvalue weighted by Crippen LogP contribution is -2.45. The molecule has 1 aliphatic heterocycles. The molecular weight excluding hydrogens is 405 g/mol. The van der Waals surface area contributed by atoms with Crippen LogP contribution in [0.2, 0.25) is 0 Å². The van der Waals surface area contributed by atoms with Crippen molar-refractivity contribution in [2.24, 2.45) is 0 Å². The van der Waals surface area contributed by atoms with Gasteiger partial charge in [0.15, 0.2) is 0 Å². The Bertz CT molecular complexity index is 1070. The molecule has 1 saturated heterocycles. The van der Waals surface area contributed by atoms with Gasteiger partial charge in [-0.15, -0.1) is 0 Å². The van der Waals surface area contributed by atoms with Crippen molar-refractivity contribution in [3.63, 3.8) is 0 Å². The van der Waals surface area contributed by atoms with Crippen LogP contribution in [0, 0.1) is 0 Å². The molecule has 4 rings (SSSR count). The number of fused-ring (bicyclic) bond motifs is 1. The molecule has 0 aliphatic carbocycles. The number of carbonyl (C=O) groups is 1. The summed E-state index contributed by atoms with van der Waals surface area (Å²) >= 11 is 0. The van der Waals surface area contributed by atoms with Gasteiger partial charge in [-0.25, -0.2) is 4.98 Å². The number of hydrogen-bond donors (Lipinski definition) is 1. The van der Waals surface area contributed by atoms with Gasteiger partial charge in [-0.3, -0.25) is 4.79 Å². The van der Waals surface area contributed by atoms with Gasteiger partial charge in [0.2, 0.25) is 5.95 Å². The van der Waals surface area contributed by atoms with E-state index in [1.54, 1.807) is 0 Å². The monoisotopic (exact) mass is 430 g/mol. The summed E-state index contributed by atoms with van der Waals surface area (Å²) in [6.45, 7) is 4.46. The molecule has 8 heteroatoms. The van der Waals surface area contributed by atoms with E-state index < -0.39 is 17.6 Å². The van der Waals surface area contributed by atoms with Crippen molar-refractivity contribution in [3.8, 4) is 0 Å². The molecule has 0 unspecified atom stereocenters. The number of rotatable bonds is 5. The number of imidazole rings is 1. The molecule has 5 nitrogen and oxygen atoms in total. The van der Waals surface area contributed by atoms with Crippen molar-refractivity contribution in [2.75, 3.05) is 18.0 Å². The molecule has 3 aromatic rings. The summed E-state index contributed by atoms with van der Waals surface area (Å²) in [6, 6.07) is 12.5. The van der Waals surface area contributed by atoms with Crippen LogP contribution in [-0.2, 0) is 12.7 Å². The lowest BCUT2D eigenvalue weighted by atomic mass is 10.0. The minimum atomic E-state index is -4.47. The predicted octanol–water partition coefficient (Wildman–Crippen LogP) is 4.86. The Morgan fingerprint density at radius 1 is 1.13 bits per heavy atom. The van der Waals surface area contributed by atoms with E-state index in [2.05, 4.69) is 27.8 Å². The van der Waals surface area contributed by atoms with Crippen LogP contribution in [-0.4, -0.2) is 34.6 Å². The molecular formula is C23H25F3N4O. The number of benzene rings is 2. The number of aryl methyl sites for hydroxylation is 1. The number of piperidine rings is 1. The third-order valence-electron chi connectivity index (χ3n) is 5.65. The van der Waals surface area contributed by atoms with Gasteiger partial charge in [-0.1, -0.05) is 25.1 Å². The Morgan fingerprint density at radius 2 is 1.87 bits per heavy atom. The molecule has 1 N–H and O–H groups in total. The highest BCUT2D eigenvalue weighted by Crippen LogP contribution is 2.30. The Balaban J connectivity index is 1.42. The van der Waals surface area contributed by atoms with Crippen LogP contribution in [0.3, 0.4) is 0 Å². The molecule has 0 saturated carbocycles. The fourth-order valence-electron chi connectivity index (χ4n) is 4.08. The summed E-state index contributed by atoms with van der Waals surface area (Å²) in [5.74, 6) is 0.466. The third-order valence-corrected chi connectivity index (χ3v) is 5.65. The van der Waals surface area contributed by atoms with Gasteiger partial charge in [0.05, 0.1) is 16.6 Å². The number of amides is 1. The molecule has 1 fully saturated rings. The standard InChI is InChI=1S/C23H25F3N4O/c1-2-12-30-20-9-4-3-8-19(20)28-22(30)29-13-10-18(11-14-29)27-21(31)16-6-5-7-17(15-16)23(24,25)26/h3-9,15,18H,2,10-14H2,1H3,(H,27,31). The van der Waals surface area contributed by atoms with Gasteiger partial charge >= 0.3 is 6.18 Å². The first-order valence-corrected chi connectivity index (χ1v) is 10.5. The average Bonchev–Trinajstić information content (AvgIpc) is 3.13. The first-order valence-electron chi connectivity index (χ1n) is 10.5. The van der Waals surface area contributed by atoms with Crippen molar-refractivity contribution in [1.29, 1.82) is 0 Å². The van der Waals surface area contributed by atoms with Crippen LogP contribution < -0.4 is 10.2 Å². The summed E-state index contributed by atoms with van der Waals surface area (Å²) in [4.78, 5) is 19.5. The Kier molecular flexibility index (Phi) is 5.89. The average molecular weight is 430 g/mol. The zero-order valence-corrected chi connectivity index (χ0v) is 17.3. The maximum atomic E-state index is 12.9. The topological polar surface area (TPSA) is 50.2 Å². The van der Waals surface area contributed by atoms with Gasteiger partial charge in [0.25, 0.3) is 5.91 Å². The van der Waals surface area contributed by atoms with Crippen LogP contribution in [0.15, 0.2) is 48.5 Å². The van der Waals surface area contributed by atoms with E-state index in [9.17, 15) is 18.0 Å². The van der Waals surface area contributed by atoms with Crippen molar-refractivity contribution in [3.05, 3.63) is 59.7 Å². The molecule has 1 amide bonds. The molecule has 31 heavy (non-hydrogen) atoms. The highest BCUT2D eigenvalue weighted by Gasteiger charge is 2.31. The van der Waals surface area contributed by atoms with E-state index in [0.29, 0.717) is 12.8 Å². The molecule has 0 spiro atoms. The number of hydrogen-bond acceptors (Lipinski definition) is 3. The molecule has 1 aromatic heterocycles. The summed E-state index contributed by atoms with van der Waals surface area (Å²) in [7, 11) is 0. The second kappa shape index (κ2) is 8.61. The van der Waals surface area contributed by atoms with Gasteiger partial charge in [-0.2, -0.15) is 13.2 Å². The molecule has 2 heterocycles. The molecule has 1 aliphatic rings. The molecule has 2 aromatic carbocycles. The number of aromatic nitrogens is 2. The first kappa shape index (κ1) is 21.2. The first-order chi connectivity index (χ1) is 14.9. The molecule has 0 atom stereocenters. The molecule has 0 radical (unpaired) electrons. The molecule has 0 bridgehead atoms. The number of alkyl halides is 3. The van der Waals surface area contributed by atoms with E-state index >= 15 is 0 Å². The highest BCUT2D eigenvalue weighted by molar-refractivity contribution is 5.94. The van der Waals surface area contributed by atoms with E-state index in [0.717, 1.165) is 55.2 Å². The number of anilines is 1. The van der Waals surface area contributed by atoms with E-state index in [1.165, 1.54) is 12.1 Å². The third kappa shape index (κ3) is 4.52. The maximum absolute atomic E-state index is 12.9. The Hall–Kier alpha value is -3.03. The van der Waals surface area contributed by atoms with E-state index in [1.807, 2.05) is 18.2 Å².